The van der Waals surface area contributed by atoms with Crippen LogP contribution in [0.5, 0.6) is 0 Å². The Morgan fingerprint density at radius 1 is 1.28 bits per heavy atom. The number of carbonyl (C=O) groups is 1. The van der Waals surface area contributed by atoms with Gasteiger partial charge in [0.1, 0.15) is 11.5 Å². The Balaban J connectivity index is 1.71. The van der Waals surface area contributed by atoms with Crippen molar-refractivity contribution in [2.75, 3.05) is 32.8 Å². The van der Waals surface area contributed by atoms with E-state index in [4.69, 9.17) is 13.6 Å². The third-order valence-corrected chi connectivity index (χ3v) is 4.38. The molecule has 0 aromatic carbocycles. The summed E-state index contributed by atoms with van der Waals surface area (Å²) >= 11 is 0. The summed E-state index contributed by atoms with van der Waals surface area (Å²) in [7, 11) is 0. The van der Waals surface area contributed by atoms with Crippen LogP contribution in [0.3, 0.4) is 0 Å². The van der Waals surface area contributed by atoms with Gasteiger partial charge in [-0.2, -0.15) is 0 Å². The maximum atomic E-state index is 12.5. The molecule has 1 fully saturated rings. The zero-order valence-corrected chi connectivity index (χ0v) is 15.0. The molecule has 2 aromatic rings. The Bertz CT molecular complexity index is 716. The maximum absolute atomic E-state index is 12.5. The fraction of sp³-hybridized carbons (Fsp3) is 0.556. The van der Waals surface area contributed by atoms with Crippen LogP contribution in [0.15, 0.2) is 21.0 Å². The maximum Gasteiger partial charge on any atom is 0.289 e. The lowest BCUT2D eigenvalue weighted by Gasteiger charge is -2.33. The van der Waals surface area contributed by atoms with Gasteiger partial charge in [-0.05, 0) is 26.0 Å². The summed E-state index contributed by atoms with van der Waals surface area (Å²) < 4.78 is 16.8. The molecule has 0 saturated carbocycles. The van der Waals surface area contributed by atoms with E-state index in [1.54, 1.807) is 6.92 Å². The molecule has 0 aliphatic carbocycles. The minimum atomic E-state index is -0.244. The molecule has 3 rings (SSSR count). The van der Waals surface area contributed by atoms with Crippen molar-refractivity contribution in [2.24, 2.45) is 0 Å². The number of hydrogen-bond donors (Lipinski definition) is 1. The molecular weight excluding hydrogens is 322 g/mol. The summed E-state index contributed by atoms with van der Waals surface area (Å²) in [6, 6.07) is 3.88. The molecule has 1 aliphatic heterocycles. The molecular formula is C18H25N3O4. The van der Waals surface area contributed by atoms with Crippen molar-refractivity contribution >= 4 is 5.91 Å². The van der Waals surface area contributed by atoms with Crippen molar-refractivity contribution in [3.63, 3.8) is 0 Å². The van der Waals surface area contributed by atoms with Crippen LogP contribution < -0.4 is 5.32 Å². The first-order chi connectivity index (χ1) is 12.1. The highest BCUT2D eigenvalue weighted by molar-refractivity contribution is 5.92. The number of nitrogens with one attached hydrogen (secondary N) is 1. The lowest BCUT2D eigenvalue weighted by molar-refractivity contribution is 0.0116. The fourth-order valence-corrected chi connectivity index (χ4v) is 3.02. The van der Waals surface area contributed by atoms with E-state index in [9.17, 15) is 4.79 Å². The van der Waals surface area contributed by atoms with Gasteiger partial charge in [-0.3, -0.25) is 9.69 Å². The van der Waals surface area contributed by atoms with Gasteiger partial charge < -0.3 is 18.9 Å². The molecule has 3 heterocycles. The number of aryl methyl sites for hydroxylation is 3. The van der Waals surface area contributed by atoms with Gasteiger partial charge in [0.05, 0.1) is 24.9 Å². The standard InChI is InChI=1S/C18H25N3O4/c1-4-16-20-13(3)17(25-16)18(22)19-11-14(15-6-5-12(2)24-15)21-7-9-23-10-8-21/h5-6,14H,4,7-11H2,1-3H3,(H,19,22)/t14-/m1/s1. The van der Waals surface area contributed by atoms with Gasteiger partial charge in [-0.25, -0.2) is 4.98 Å². The van der Waals surface area contributed by atoms with E-state index < -0.39 is 0 Å². The summed E-state index contributed by atoms with van der Waals surface area (Å²) in [6.45, 7) is 9.07. The third-order valence-electron chi connectivity index (χ3n) is 4.38. The van der Waals surface area contributed by atoms with Crippen LogP contribution in [0, 0.1) is 13.8 Å². The predicted molar refractivity (Wildman–Crippen MR) is 91.5 cm³/mol. The molecule has 2 aromatic heterocycles. The number of hydrogen-bond acceptors (Lipinski definition) is 6. The molecule has 7 nitrogen and oxygen atoms in total. The summed E-state index contributed by atoms with van der Waals surface area (Å²) in [5.41, 5.74) is 0.617. The van der Waals surface area contributed by atoms with E-state index in [0.717, 1.165) is 24.6 Å². The second kappa shape index (κ2) is 7.84. The van der Waals surface area contributed by atoms with Crippen molar-refractivity contribution in [3.05, 3.63) is 41.0 Å². The van der Waals surface area contributed by atoms with Gasteiger partial charge in [0, 0.05) is 26.1 Å². The van der Waals surface area contributed by atoms with Gasteiger partial charge in [0.25, 0.3) is 5.91 Å². The Hall–Kier alpha value is -2.12. The quantitative estimate of drug-likeness (QED) is 0.863. The highest BCUT2D eigenvalue weighted by atomic mass is 16.5. The van der Waals surface area contributed by atoms with Crippen molar-refractivity contribution in [1.82, 2.24) is 15.2 Å². The lowest BCUT2D eigenvalue weighted by atomic mass is 10.1. The second-order valence-corrected chi connectivity index (χ2v) is 6.20. The first-order valence-corrected chi connectivity index (χ1v) is 8.71. The van der Waals surface area contributed by atoms with E-state index in [1.165, 1.54) is 0 Å². The molecule has 0 unspecified atom stereocenters. The zero-order chi connectivity index (χ0) is 17.8. The number of carbonyl (C=O) groups excluding carboxylic acids is 1. The first-order valence-electron chi connectivity index (χ1n) is 8.71. The zero-order valence-electron chi connectivity index (χ0n) is 15.0. The van der Waals surface area contributed by atoms with E-state index in [2.05, 4.69) is 15.2 Å². The number of ether oxygens (including phenoxy) is 1. The second-order valence-electron chi connectivity index (χ2n) is 6.20. The molecule has 136 valence electrons. The van der Waals surface area contributed by atoms with Crippen LogP contribution in [0.2, 0.25) is 0 Å². The Labute approximate surface area is 147 Å². The van der Waals surface area contributed by atoms with Crippen LogP contribution in [-0.4, -0.2) is 48.6 Å². The molecule has 0 bridgehead atoms. The van der Waals surface area contributed by atoms with Crippen molar-refractivity contribution in [3.8, 4) is 0 Å². The smallest absolute Gasteiger partial charge is 0.289 e. The summed E-state index contributed by atoms with van der Waals surface area (Å²) in [4.78, 5) is 19.0. The van der Waals surface area contributed by atoms with Crippen LogP contribution in [0.25, 0.3) is 0 Å². The number of furan rings is 1. The van der Waals surface area contributed by atoms with E-state index in [1.807, 2.05) is 26.0 Å². The molecule has 1 atom stereocenters. The minimum Gasteiger partial charge on any atom is -0.465 e. The largest absolute Gasteiger partial charge is 0.465 e. The third kappa shape index (κ3) is 4.11. The predicted octanol–water partition coefficient (Wildman–Crippen LogP) is 2.25. The van der Waals surface area contributed by atoms with Gasteiger partial charge in [-0.1, -0.05) is 6.92 Å². The number of nitrogens with zero attached hydrogens (tertiary/aromatic N) is 2. The van der Waals surface area contributed by atoms with E-state index >= 15 is 0 Å². The average molecular weight is 347 g/mol. The van der Waals surface area contributed by atoms with E-state index in [0.29, 0.717) is 37.8 Å². The number of aromatic nitrogens is 1. The van der Waals surface area contributed by atoms with Crippen LogP contribution >= 0.6 is 0 Å². The average Bonchev–Trinajstić information content (AvgIpc) is 3.21. The van der Waals surface area contributed by atoms with Gasteiger partial charge in [-0.15, -0.1) is 0 Å². The Kier molecular flexibility index (Phi) is 5.55. The van der Waals surface area contributed by atoms with E-state index in [-0.39, 0.29) is 17.7 Å². The minimum absolute atomic E-state index is 0.0320. The highest BCUT2D eigenvalue weighted by Gasteiger charge is 2.27. The summed E-state index contributed by atoms with van der Waals surface area (Å²) in [5.74, 6) is 2.33. The fourth-order valence-electron chi connectivity index (χ4n) is 3.02. The van der Waals surface area contributed by atoms with Crippen molar-refractivity contribution in [1.29, 1.82) is 0 Å². The number of oxazole rings is 1. The van der Waals surface area contributed by atoms with Gasteiger partial charge in [0.15, 0.2) is 5.89 Å². The normalized spacial score (nSPS) is 16.8. The van der Waals surface area contributed by atoms with Gasteiger partial charge >= 0.3 is 0 Å². The first kappa shape index (κ1) is 17.7. The molecule has 1 aliphatic rings. The molecule has 1 amide bonds. The number of amides is 1. The monoisotopic (exact) mass is 347 g/mol. The summed E-state index contributed by atoms with van der Waals surface area (Å²) in [6.07, 6.45) is 0.663. The Morgan fingerprint density at radius 3 is 2.64 bits per heavy atom. The lowest BCUT2D eigenvalue weighted by Crippen LogP contribution is -2.43. The van der Waals surface area contributed by atoms with Crippen LogP contribution in [0.4, 0.5) is 0 Å². The molecule has 25 heavy (non-hydrogen) atoms. The van der Waals surface area contributed by atoms with Gasteiger partial charge in [0.2, 0.25) is 5.76 Å². The molecule has 0 spiro atoms. The number of rotatable bonds is 6. The van der Waals surface area contributed by atoms with Crippen LogP contribution in [0.1, 0.15) is 46.6 Å². The van der Waals surface area contributed by atoms with Crippen molar-refractivity contribution in [2.45, 2.75) is 33.2 Å². The molecule has 1 N–H and O–H groups in total. The SMILES string of the molecule is CCc1nc(C)c(C(=O)NC[C@H](c2ccc(C)o2)N2CCOCC2)o1. The molecule has 1 saturated heterocycles. The van der Waals surface area contributed by atoms with Crippen LogP contribution in [-0.2, 0) is 11.2 Å². The van der Waals surface area contributed by atoms with Crippen molar-refractivity contribution < 1.29 is 18.4 Å². The molecule has 7 heteroatoms. The Morgan fingerprint density at radius 2 is 2.04 bits per heavy atom. The summed E-state index contributed by atoms with van der Waals surface area (Å²) in [5, 5.41) is 2.97. The highest BCUT2D eigenvalue weighted by Crippen LogP contribution is 2.23. The molecule has 0 radical (unpaired) electrons. The topological polar surface area (TPSA) is 80.7 Å². The number of morpholine rings is 1.